The van der Waals surface area contributed by atoms with Gasteiger partial charge in [0.1, 0.15) is 0 Å². The molecule has 4 aromatic carbocycles. The van der Waals surface area contributed by atoms with Crippen molar-refractivity contribution in [3.05, 3.63) is 96.1 Å². The van der Waals surface area contributed by atoms with Crippen LogP contribution in [-0.2, 0) is 31.7 Å². The summed E-state index contributed by atoms with van der Waals surface area (Å²) in [5, 5.41) is 3.52. The Morgan fingerprint density at radius 3 is 1.16 bits per heavy atom. The molecule has 0 aromatic heterocycles. The van der Waals surface area contributed by atoms with Crippen LogP contribution in [0, 0.1) is 0 Å². The summed E-state index contributed by atoms with van der Waals surface area (Å²) in [5.74, 6) is -0.900. The molecule has 156 valence electrons. The predicted molar refractivity (Wildman–Crippen MR) is 115 cm³/mol. The zero-order valence-electron chi connectivity index (χ0n) is 17.8. The van der Waals surface area contributed by atoms with Crippen molar-refractivity contribution in [1.82, 2.24) is 0 Å². The fraction of sp³-hybridized carbons (Fsp3) is 0.0909. The van der Waals surface area contributed by atoms with Gasteiger partial charge in [-0.15, -0.1) is 0 Å². The maximum atomic E-state index is 10.7. The minimum absolute atomic E-state index is 0. The van der Waals surface area contributed by atoms with Crippen LogP contribution in [0.2, 0.25) is 0 Å². The Hall–Kier alpha value is 0.493. The van der Waals surface area contributed by atoms with E-state index in [0.29, 0.717) is 11.1 Å². The van der Waals surface area contributed by atoms with E-state index in [1.807, 2.05) is 60.7 Å². The van der Waals surface area contributed by atoms with E-state index >= 15 is 0 Å². The van der Waals surface area contributed by atoms with Gasteiger partial charge in [0, 0.05) is 0 Å². The minimum Gasteiger partial charge on any atom is -0.748 e. The van der Waals surface area contributed by atoms with Crippen molar-refractivity contribution >= 4 is 41.8 Å². The molecule has 0 spiro atoms. The van der Waals surface area contributed by atoms with Gasteiger partial charge in [0.25, 0.3) is 0 Å². The van der Waals surface area contributed by atoms with Crippen molar-refractivity contribution in [2.75, 3.05) is 0 Å². The van der Waals surface area contributed by atoms with Crippen molar-refractivity contribution < 1.29 is 129 Å². The molecule has 32 heavy (non-hydrogen) atoms. The molecule has 6 nitrogen and oxygen atoms in total. The molecular formula is C22H18K2O6S2. The van der Waals surface area contributed by atoms with Gasteiger partial charge < -0.3 is 9.11 Å². The summed E-state index contributed by atoms with van der Waals surface area (Å²) in [4.78, 5) is 0. The summed E-state index contributed by atoms with van der Waals surface area (Å²) >= 11 is 0. The van der Waals surface area contributed by atoms with Gasteiger partial charge in [0.15, 0.2) is 0 Å². The van der Waals surface area contributed by atoms with Crippen molar-refractivity contribution in [2.45, 2.75) is 11.5 Å². The topological polar surface area (TPSA) is 114 Å². The summed E-state index contributed by atoms with van der Waals surface area (Å²) in [6.07, 6.45) is 0. The van der Waals surface area contributed by atoms with E-state index in [9.17, 15) is 25.9 Å². The van der Waals surface area contributed by atoms with E-state index in [1.54, 1.807) is 24.3 Å². The average Bonchev–Trinajstić information content (AvgIpc) is 2.67. The second-order valence-corrected chi connectivity index (χ2v) is 9.49. The number of fused-ring (bicyclic) bond motifs is 2. The first-order chi connectivity index (χ1) is 14.1. The standard InChI is InChI=1S/2C11H10O3S.2K/c2*12-15(13,14)8-10-6-3-5-9-4-1-2-7-11(9)10;;/h2*1-7H,8H2,(H,12,13,14);;/q;;2*+1/p-2. The average molecular weight is 521 g/mol. The molecule has 0 aliphatic carbocycles. The maximum absolute atomic E-state index is 10.7. The minimum atomic E-state index is -4.22. The Kier molecular flexibility index (Phi) is 12.9. The summed E-state index contributed by atoms with van der Waals surface area (Å²) in [7, 11) is -8.44. The second kappa shape index (κ2) is 13.5. The quantitative estimate of drug-likeness (QED) is 0.222. The van der Waals surface area contributed by atoms with Crippen LogP contribution in [0.4, 0.5) is 0 Å². The molecule has 0 radical (unpaired) electrons. The Balaban J connectivity index is 0.000000301. The van der Waals surface area contributed by atoms with E-state index in [0.717, 1.165) is 21.5 Å². The van der Waals surface area contributed by atoms with Crippen LogP contribution >= 0.6 is 0 Å². The summed E-state index contributed by atoms with van der Waals surface area (Å²) < 4.78 is 64.1. The molecule has 0 heterocycles. The van der Waals surface area contributed by atoms with E-state index in [4.69, 9.17) is 0 Å². The number of benzene rings is 4. The van der Waals surface area contributed by atoms with Crippen LogP contribution in [0.5, 0.6) is 0 Å². The molecule has 4 rings (SSSR count). The van der Waals surface area contributed by atoms with Gasteiger partial charge in [-0.05, 0) is 32.7 Å². The van der Waals surface area contributed by atoms with Crippen LogP contribution in [0.3, 0.4) is 0 Å². The van der Waals surface area contributed by atoms with Crippen molar-refractivity contribution in [3.8, 4) is 0 Å². The third kappa shape index (κ3) is 9.63. The van der Waals surface area contributed by atoms with Crippen molar-refractivity contribution in [1.29, 1.82) is 0 Å². The van der Waals surface area contributed by atoms with Gasteiger partial charge in [0.05, 0.1) is 31.7 Å². The molecule has 0 N–H and O–H groups in total. The molecule has 10 heteroatoms. The van der Waals surface area contributed by atoms with Crippen LogP contribution in [0.25, 0.3) is 21.5 Å². The third-order valence-electron chi connectivity index (χ3n) is 4.42. The normalized spacial score (nSPS) is 11.1. The molecule has 0 bridgehead atoms. The SMILES string of the molecule is O=S(=O)([O-])Cc1cccc2ccccc12.O=S(=O)([O-])Cc1cccc2ccccc12.[K+].[K+]. The molecule has 0 aliphatic heterocycles. The molecule has 0 saturated heterocycles. The van der Waals surface area contributed by atoms with Gasteiger partial charge in [-0.2, -0.15) is 0 Å². The van der Waals surface area contributed by atoms with E-state index in [-0.39, 0.29) is 103 Å². The Labute approximate surface area is 273 Å². The second-order valence-electron chi connectivity index (χ2n) is 6.68. The Bertz CT molecular complexity index is 1280. The number of hydrogen-bond acceptors (Lipinski definition) is 6. The van der Waals surface area contributed by atoms with Crippen LogP contribution in [-0.4, -0.2) is 25.9 Å². The number of hydrogen-bond donors (Lipinski definition) is 0. The Morgan fingerprint density at radius 1 is 0.500 bits per heavy atom. The first-order valence-corrected chi connectivity index (χ1v) is 12.1. The molecule has 0 aliphatic rings. The summed E-state index contributed by atoms with van der Waals surface area (Å²) in [6, 6.07) is 25.4. The van der Waals surface area contributed by atoms with Crippen molar-refractivity contribution in [2.24, 2.45) is 0 Å². The Morgan fingerprint density at radius 2 is 0.812 bits per heavy atom. The van der Waals surface area contributed by atoms with Gasteiger partial charge in [-0.3, -0.25) is 0 Å². The fourth-order valence-electron chi connectivity index (χ4n) is 3.22. The van der Waals surface area contributed by atoms with Gasteiger partial charge in [0.2, 0.25) is 0 Å². The predicted octanol–water partition coefficient (Wildman–Crippen LogP) is -2.22. The molecule has 0 amide bonds. The van der Waals surface area contributed by atoms with Crippen LogP contribution in [0.15, 0.2) is 84.9 Å². The monoisotopic (exact) mass is 520 g/mol. The van der Waals surface area contributed by atoms with Crippen LogP contribution in [0.1, 0.15) is 11.1 Å². The summed E-state index contributed by atoms with van der Waals surface area (Å²) in [6.45, 7) is 0. The molecule has 4 aromatic rings. The smallest absolute Gasteiger partial charge is 0.748 e. The van der Waals surface area contributed by atoms with E-state index < -0.39 is 31.7 Å². The molecular weight excluding hydrogens is 503 g/mol. The van der Waals surface area contributed by atoms with Crippen molar-refractivity contribution in [3.63, 3.8) is 0 Å². The fourth-order valence-corrected chi connectivity index (χ4v) is 4.48. The summed E-state index contributed by atoms with van der Waals surface area (Å²) in [5.41, 5.74) is 1.12. The first-order valence-electron chi connectivity index (χ1n) is 8.93. The van der Waals surface area contributed by atoms with E-state index in [2.05, 4.69) is 0 Å². The van der Waals surface area contributed by atoms with Gasteiger partial charge in [-0.25, -0.2) is 16.8 Å². The van der Waals surface area contributed by atoms with Crippen LogP contribution < -0.4 is 103 Å². The van der Waals surface area contributed by atoms with Gasteiger partial charge in [-0.1, -0.05) is 84.9 Å². The molecule has 0 fully saturated rings. The van der Waals surface area contributed by atoms with E-state index in [1.165, 1.54) is 0 Å². The zero-order valence-corrected chi connectivity index (χ0v) is 25.6. The first kappa shape index (κ1) is 30.5. The van der Waals surface area contributed by atoms with Gasteiger partial charge >= 0.3 is 103 Å². The third-order valence-corrected chi connectivity index (χ3v) is 5.75. The zero-order chi connectivity index (χ0) is 21.8. The number of rotatable bonds is 4. The molecule has 0 saturated carbocycles. The molecule has 0 unspecified atom stereocenters. The maximum Gasteiger partial charge on any atom is 1.00 e. The largest absolute Gasteiger partial charge is 1.00 e. The molecule has 0 atom stereocenters.